The SMILES string of the molecule is COC(=O)c1c(NC(=O)CCc2ccccc2Cl)sc2c1CCC(C(C)(C)C)C2. The second-order valence-corrected chi connectivity index (χ2v) is 10.2. The molecule has 1 atom stereocenters. The third-order valence-electron chi connectivity index (χ3n) is 5.71. The molecular formula is C23H28ClNO3S. The summed E-state index contributed by atoms with van der Waals surface area (Å²) in [7, 11) is 1.39. The van der Waals surface area contributed by atoms with E-state index in [4.69, 9.17) is 16.3 Å². The number of hydrogen-bond donors (Lipinski definition) is 1. The summed E-state index contributed by atoms with van der Waals surface area (Å²) in [4.78, 5) is 26.3. The van der Waals surface area contributed by atoms with Gasteiger partial charge in [-0.2, -0.15) is 0 Å². The zero-order valence-corrected chi connectivity index (χ0v) is 19.0. The number of anilines is 1. The van der Waals surface area contributed by atoms with Crippen LogP contribution in [0.25, 0.3) is 0 Å². The zero-order valence-electron chi connectivity index (χ0n) is 17.4. The van der Waals surface area contributed by atoms with Gasteiger partial charge in [0, 0.05) is 16.3 Å². The predicted octanol–water partition coefficient (Wildman–Crippen LogP) is 5.91. The largest absolute Gasteiger partial charge is 0.465 e. The smallest absolute Gasteiger partial charge is 0.341 e. The minimum absolute atomic E-state index is 0.124. The lowest BCUT2D eigenvalue weighted by molar-refractivity contribution is -0.116. The lowest BCUT2D eigenvalue weighted by Gasteiger charge is -2.33. The zero-order chi connectivity index (χ0) is 21.2. The highest BCUT2D eigenvalue weighted by molar-refractivity contribution is 7.17. The number of rotatable bonds is 5. The summed E-state index contributed by atoms with van der Waals surface area (Å²) in [5, 5.41) is 4.24. The summed E-state index contributed by atoms with van der Waals surface area (Å²) < 4.78 is 5.02. The second kappa shape index (κ2) is 8.88. The summed E-state index contributed by atoms with van der Waals surface area (Å²) in [6.45, 7) is 6.78. The van der Waals surface area contributed by atoms with Gasteiger partial charge in [0.25, 0.3) is 0 Å². The molecule has 1 unspecified atom stereocenters. The van der Waals surface area contributed by atoms with Gasteiger partial charge in [-0.3, -0.25) is 4.79 Å². The maximum absolute atomic E-state index is 12.6. The number of hydrogen-bond acceptors (Lipinski definition) is 4. The highest BCUT2D eigenvalue weighted by Crippen LogP contribution is 2.44. The van der Waals surface area contributed by atoms with Gasteiger partial charge in [0.1, 0.15) is 5.00 Å². The minimum Gasteiger partial charge on any atom is -0.465 e. The Bertz CT molecular complexity index is 913. The number of halogens is 1. The van der Waals surface area contributed by atoms with E-state index in [0.29, 0.717) is 34.3 Å². The third kappa shape index (κ3) is 5.01. The maximum Gasteiger partial charge on any atom is 0.341 e. The van der Waals surface area contributed by atoms with Gasteiger partial charge < -0.3 is 10.1 Å². The van der Waals surface area contributed by atoms with E-state index in [0.717, 1.165) is 30.4 Å². The summed E-state index contributed by atoms with van der Waals surface area (Å²) in [6, 6.07) is 7.53. The molecule has 3 rings (SSSR count). The van der Waals surface area contributed by atoms with E-state index in [1.54, 1.807) is 0 Å². The molecule has 0 saturated heterocycles. The number of benzene rings is 1. The molecule has 29 heavy (non-hydrogen) atoms. The Morgan fingerprint density at radius 2 is 2.00 bits per heavy atom. The van der Waals surface area contributed by atoms with Crippen molar-refractivity contribution < 1.29 is 14.3 Å². The van der Waals surface area contributed by atoms with Gasteiger partial charge in [0.05, 0.1) is 12.7 Å². The van der Waals surface area contributed by atoms with E-state index in [1.807, 2.05) is 24.3 Å². The fourth-order valence-electron chi connectivity index (χ4n) is 3.87. The average Bonchev–Trinajstić information content (AvgIpc) is 3.03. The predicted molar refractivity (Wildman–Crippen MR) is 119 cm³/mol. The Hall–Kier alpha value is -1.85. The Labute approximate surface area is 181 Å². The first-order chi connectivity index (χ1) is 13.7. The number of esters is 1. The van der Waals surface area contributed by atoms with Crippen molar-refractivity contribution in [2.24, 2.45) is 11.3 Å². The van der Waals surface area contributed by atoms with Crippen molar-refractivity contribution in [3.8, 4) is 0 Å². The van der Waals surface area contributed by atoms with Crippen LogP contribution >= 0.6 is 22.9 Å². The van der Waals surface area contributed by atoms with Gasteiger partial charge in [-0.25, -0.2) is 4.79 Å². The molecule has 0 spiro atoms. The Balaban J connectivity index is 1.78. The number of nitrogens with one attached hydrogen (secondary N) is 1. The number of thiophene rings is 1. The molecule has 0 saturated carbocycles. The van der Waals surface area contributed by atoms with Crippen LogP contribution in [0.4, 0.5) is 5.00 Å². The van der Waals surface area contributed by atoms with E-state index < -0.39 is 0 Å². The van der Waals surface area contributed by atoms with Crippen LogP contribution in [0.5, 0.6) is 0 Å². The van der Waals surface area contributed by atoms with Crippen LogP contribution in [0.3, 0.4) is 0 Å². The Morgan fingerprint density at radius 1 is 1.28 bits per heavy atom. The number of carbonyl (C=O) groups is 2. The molecule has 0 bridgehead atoms. The highest BCUT2D eigenvalue weighted by Gasteiger charge is 2.34. The van der Waals surface area contributed by atoms with Gasteiger partial charge in [-0.15, -0.1) is 11.3 Å². The lowest BCUT2D eigenvalue weighted by atomic mass is 9.72. The number of amides is 1. The molecule has 1 aromatic heterocycles. The topological polar surface area (TPSA) is 55.4 Å². The van der Waals surface area contributed by atoms with Crippen molar-refractivity contribution in [2.45, 2.75) is 52.9 Å². The summed E-state index contributed by atoms with van der Waals surface area (Å²) in [5.74, 6) is 0.0575. The molecule has 1 amide bonds. The molecule has 1 aliphatic rings. The van der Waals surface area contributed by atoms with Crippen LogP contribution < -0.4 is 5.32 Å². The molecule has 0 fully saturated rings. The normalized spacial score (nSPS) is 16.2. The number of methoxy groups -OCH3 is 1. The number of carbonyl (C=O) groups excluding carboxylic acids is 2. The molecule has 1 aliphatic carbocycles. The van der Waals surface area contributed by atoms with Crippen LogP contribution in [-0.4, -0.2) is 19.0 Å². The Kier molecular flexibility index (Phi) is 6.69. The average molecular weight is 434 g/mol. The number of ether oxygens (including phenoxy) is 1. The van der Waals surface area contributed by atoms with Gasteiger partial charge in [0.2, 0.25) is 5.91 Å². The first-order valence-electron chi connectivity index (χ1n) is 9.96. The maximum atomic E-state index is 12.6. The summed E-state index contributed by atoms with van der Waals surface area (Å²) in [5.41, 5.74) is 2.73. The van der Waals surface area contributed by atoms with Crippen LogP contribution in [0.1, 0.15) is 60.0 Å². The first-order valence-corrected chi connectivity index (χ1v) is 11.2. The quantitative estimate of drug-likeness (QED) is 0.596. The van der Waals surface area contributed by atoms with Crippen LogP contribution in [0, 0.1) is 11.3 Å². The van der Waals surface area contributed by atoms with Crippen LogP contribution in [-0.2, 0) is 28.8 Å². The number of fused-ring (bicyclic) bond motifs is 1. The van der Waals surface area contributed by atoms with Crippen LogP contribution in [0.2, 0.25) is 5.02 Å². The molecule has 0 radical (unpaired) electrons. The minimum atomic E-state index is -0.377. The highest BCUT2D eigenvalue weighted by atomic mass is 35.5. The fourth-order valence-corrected chi connectivity index (χ4v) is 5.43. The molecule has 4 nitrogen and oxygen atoms in total. The van der Waals surface area contributed by atoms with Crippen molar-refractivity contribution in [1.82, 2.24) is 0 Å². The van der Waals surface area contributed by atoms with Crippen molar-refractivity contribution >= 4 is 39.8 Å². The van der Waals surface area contributed by atoms with Crippen LogP contribution in [0.15, 0.2) is 24.3 Å². The fraction of sp³-hybridized carbons (Fsp3) is 0.478. The van der Waals surface area contributed by atoms with Crippen molar-refractivity contribution in [2.75, 3.05) is 12.4 Å². The van der Waals surface area contributed by atoms with Gasteiger partial charge in [0.15, 0.2) is 0 Å². The molecule has 6 heteroatoms. The van der Waals surface area contributed by atoms with E-state index in [-0.39, 0.29) is 17.3 Å². The van der Waals surface area contributed by atoms with Crippen molar-refractivity contribution in [1.29, 1.82) is 0 Å². The molecule has 156 valence electrons. The van der Waals surface area contributed by atoms with Gasteiger partial charge in [-0.05, 0) is 54.2 Å². The third-order valence-corrected chi connectivity index (χ3v) is 7.25. The first kappa shape index (κ1) is 21.8. The van der Waals surface area contributed by atoms with Crippen molar-refractivity contribution in [3.05, 3.63) is 50.9 Å². The molecular weight excluding hydrogens is 406 g/mol. The second-order valence-electron chi connectivity index (χ2n) is 8.64. The molecule has 1 N–H and O–H groups in total. The van der Waals surface area contributed by atoms with E-state index >= 15 is 0 Å². The van der Waals surface area contributed by atoms with Gasteiger partial charge >= 0.3 is 5.97 Å². The van der Waals surface area contributed by atoms with E-state index in [9.17, 15) is 9.59 Å². The number of aryl methyl sites for hydroxylation is 1. The molecule has 2 aromatic rings. The summed E-state index contributed by atoms with van der Waals surface area (Å²) in [6.07, 6.45) is 3.67. The Morgan fingerprint density at radius 3 is 2.66 bits per heavy atom. The monoisotopic (exact) mass is 433 g/mol. The summed E-state index contributed by atoms with van der Waals surface area (Å²) >= 11 is 7.70. The van der Waals surface area contributed by atoms with Gasteiger partial charge in [-0.1, -0.05) is 50.6 Å². The molecule has 1 aromatic carbocycles. The van der Waals surface area contributed by atoms with E-state index in [1.165, 1.54) is 23.3 Å². The standard InChI is InChI=1S/C23H28ClNO3S/c1-23(2,3)15-10-11-16-18(13-15)29-21(20(16)22(27)28-4)25-19(26)12-9-14-7-5-6-8-17(14)24/h5-8,15H,9-13H2,1-4H3,(H,25,26). The van der Waals surface area contributed by atoms with Crippen molar-refractivity contribution in [3.63, 3.8) is 0 Å². The van der Waals surface area contributed by atoms with E-state index in [2.05, 4.69) is 26.1 Å². The molecule has 1 heterocycles. The lowest BCUT2D eigenvalue weighted by Crippen LogP contribution is -2.26. The molecule has 0 aliphatic heterocycles.